The van der Waals surface area contributed by atoms with E-state index in [1.165, 1.54) is 11.3 Å². The highest BCUT2D eigenvalue weighted by atomic mass is 79.9. The van der Waals surface area contributed by atoms with Crippen molar-refractivity contribution >= 4 is 59.0 Å². The molecule has 37 heavy (non-hydrogen) atoms. The minimum Gasteiger partial charge on any atom is -0.444 e. The molecule has 0 bridgehead atoms. The second-order valence-electron chi connectivity index (χ2n) is 11.7. The summed E-state index contributed by atoms with van der Waals surface area (Å²) in [4.78, 5) is 36.1. The van der Waals surface area contributed by atoms with Crippen LogP contribution in [-0.2, 0) is 9.16 Å². The molecule has 0 aliphatic carbocycles. The summed E-state index contributed by atoms with van der Waals surface area (Å²) < 4.78 is 13.0. The Morgan fingerprint density at radius 2 is 1.92 bits per heavy atom. The van der Waals surface area contributed by atoms with Gasteiger partial charge in [-0.05, 0) is 67.3 Å². The molecule has 204 valence electrons. The van der Waals surface area contributed by atoms with Crippen LogP contribution in [0.2, 0.25) is 18.1 Å². The van der Waals surface area contributed by atoms with Gasteiger partial charge in [0, 0.05) is 24.7 Å². The fourth-order valence-corrected chi connectivity index (χ4v) is 6.13. The lowest BCUT2D eigenvalue weighted by molar-refractivity contribution is 0.0414. The van der Waals surface area contributed by atoms with Crippen molar-refractivity contribution in [2.75, 3.05) is 23.3 Å². The molecule has 0 spiro atoms. The number of hydrogen-bond acceptors (Lipinski definition) is 8. The minimum absolute atomic E-state index is 0.0356. The molecule has 2 N–H and O–H groups in total. The van der Waals surface area contributed by atoms with Gasteiger partial charge in [0.15, 0.2) is 12.2 Å². The molecule has 0 aromatic carbocycles. The summed E-state index contributed by atoms with van der Waals surface area (Å²) in [5.74, 6) is -0.309. The number of pyridine rings is 1. The number of nitrogens with one attached hydrogen (secondary N) is 2. The molecule has 2 aromatic rings. The Morgan fingerprint density at radius 1 is 1.22 bits per heavy atom. The third kappa shape index (κ3) is 7.98. The van der Waals surface area contributed by atoms with Gasteiger partial charge >= 0.3 is 6.09 Å². The van der Waals surface area contributed by atoms with Gasteiger partial charge in [0.25, 0.3) is 5.91 Å². The summed E-state index contributed by atoms with van der Waals surface area (Å²) >= 11 is 4.65. The van der Waals surface area contributed by atoms with Crippen LogP contribution in [0.25, 0.3) is 0 Å². The maximum absolute atomic E-state index is 12.8. The van der Waals surface area contributed by atoms with E-state index in [2.05, 4.69) is 75.3 Å². The van der Waals surface area contributed by atoms with Crippen LogP contribution in [-0.4, -0.2) is 61.1 Å². The highest BCUT2D eigenvalue weighted by molar-refractivity contribution is 9.11. The second-order valence-corrected chi connectivity index (χ2v) is 18.6. The minimum atomic E-state index is -2.09. The van der Waals surface area contributed by atoms with Gasteiger partial charge in [-0.15, -0.1) is 11.3 Å². The van der Waals surface area contributed by atoms with Crippen molar-refractivity contribution in [2.24, 2.45) is 0 Å². The van der Waals surface area contributed by atoms with Gasteiger partial charge in [0.1, 0.15) is 11.3 Å². The van der Waals surface area contributed by atoms with Crippen LogP contribution in [0.1, 0.15) is 58.5 Å². The Morgan fingerprint density at radius 3 is 2.51 bits per heavy atom. The fraction of sp³-hybridized carbons (Fsp3) is 0.600. The van der Waals surface area contributed by atoms with Gasteiger partial charge in [-0.2, -0.15) is 0 Å². The van der Waals surface area contributed by atoms with Crippen LogP contribution in [0, 0.1) is 0 Å². The number of carbonyl (C=O) groups excluding carboxylic acids is 2. The van der Waals surface area contributed by atoms with Crippen molar-refractivity contribution in [1.29, 1.82) is 0 Å². The molecule has 1 aliphatic heterocycles. The number of anilines is 2. The lowest BCUT2D eigenvalue weighted by Gasteiger charge is -2.46. The van der Waals surface area contributed by atoms with Crippen molar-refractivity contribution < 1.29 is 18.8 Å². The Bertz CT molecular complexity index is 1110. The van der Waals surface area contributed by atoms with E-state index in [1.54, 1.807) is 17.8 Å². The number of rotatable bonds is 6. The predicted octanol–water partition coefficient (Wildman–Crippen LogP) is 6.05. The fourth-order valence-electron chi connectivity index (χ4n) is 3.74. The van der Waals surface area contributed by atoms with Crippen LogP contribution in [0.15, 0.2) is 27.8 Å². The molecule has 2 amide bonds. The number of halogens is 1. The summed E-state index contributed by atoms with van der Waals surface area (Å²) in [6, 6.07) is 1.57. The van der Waals surface area contributed by atoms with Crippen molar-refractivity contribution in [3.63, 3.8) is 0 Å². The maximum Gasteiger partial charge on any atom is 0.408 e. The van der Waals surface area contributed by atoms with Gasteiger partial charge in [-0.25, -0.2) is 9.78 Å². The van der Waals surface area contributed by atoms with Crippen LogP contribution in [0.5, 0.6) is 0 Å². The zero-order chi connectivity index (χ0) is 27.6. The Hall–Kier alpha value is -2.02. The number of ether oxygens (including phenoxy) is 1. The average Bonchev–Trinajstić information content (AvgIpc) is 3.19. The number of nitrogens with zero attached hydrogens (tertiary/aromatic N) is 3. The first-order valence-corrected chi connectivity index (χ1v) is 16.9. The first kappa shape index (κ1) is 29.5. The van der Waals surface area contributed by atoms with Gasteiger partial charge in [0.2, 0.25) is 0 Å². The smallest absolute Gasteiger partial charge is 0.408 e. The van der Waals surface area contributed by atoms with Gasteiger partial charge in [0.05, 0.1) is 29.7 Å². The van der Waals surface area contributed by atoms with Gasteiger partial charge in [-0.3, -0.25) is 9.78 Å². The third-order valence-corrected chi connectivity index (χ3v) is 12.5. The predicted molar refractivity (Wildman–Crippen MR) is 154 cm³/mol. The number of carbonyl (C=O) groups is 2. The summed E-state index contributed by atoms with van der Waals surface area (Å²) in [6.07, 6.45) is 3.40. The topological polar surface area (TPSA) is 106 Å². The van der Waals surface area contributed by atoms with Crippen LogP contribution >= 0.6 is 27.3 Å². The highest BCUT2D eigenvalue weighted by Crippen LogP contribution is 2.39. The van der Waals surface area contributed by atoms with Crippen molar-refractivity contribution in [2.45, 2.75) is 83.8 Å². The molecule has 2 atom stereocenters. The molecule has 2 aromatic heterocycles. The average molecular weight is 613 g/mol. The number of hydrogen-bond donors (Lipinski definition) is 2. The van der Waals surface area contributed by atoms with E-state index in [0.717, 1.165) is 5.69 Å². The van der Waals surface area contributed by atoms with E-state index in [9.17, 15) is 9.59 Å². The van der Waals surface area contributed by atoms with E-state index >= 15 is 0 Å². The molecular weight excluding hydrogens is 574 g/mol. The number of alkyl carbamates (subject to hydrolysis) is 1. The van der Waals surface area contributed by atoms with E-state index in [1.807, 2.05) is 26.8 Å². The molecule has 3 heterocycles. The molecule has 1 fully saturated rings. The molecule has 3 rings (SSSR count). The lowest BCUT2D eigenvalue weighted by atomic mass is 10.0. The second kappa shape index (κ2) is 11.4. The third-order valence-electron chi connectivity index (χ3n) is 6.60. The number of amides is 2. The first-order chi connectivity index (χ1) is 17.1. The van der Waals surface area contributed by atoms with Gasteiger partial charge in [-0.1, -0.05) is 20.8 Å². The monoisotopic (exact) mass is 611 g/mol. The molecule has 12 heteroatoms. The van der Waals surface area contributed by atoms with Crippen molar-refractivity contribution in [1.82, 2.24) is 15.3 Å². The number of aromatic nitrogens is 2. The SMILES string of the molecule is CC(C)(C)OC(=O)N[C@@H]1CN(c2ccncc2NC(=O)c2csc(Br)n2)CC[C@@H]1O[Si](C)(C)C(C)(C)C. The number of piperidine rings is 1. The highest BCUT2D eigenvalue weighted by Gasteiger charge is 2.43. The maximum atomic E-state index is 12.8. The summed E-state index contributed by atoms with van der Waals surface area (Å²) in [5, 5.41) is 7.73. The van der Waals surface area contributed by atoms with E-state index in [-0.39, 0.29) is 23.1 Å². The zero-order valence-corrected chi connectivity index (χ0v) is 26.2. The van der Waals surface area contributed by atoms with Crippen molar-refractivity contribution in [3.8, 4) is 0 Å². The Kier molecular flexibility index (Phi) is 9.08. The molecule has 9 nitrogen and oxygen atoms in total. The molecule has 1 aliphatic rings. The molecule has 0 radical (unpaired) electrons. The lowest BCUT2D eigenvalue weighted by Crippen LogP contribution is -2.59. The Balaban J connectivity index is 1.83. The van der Waals surface area contributed by atoms with E-state index in [4.69, 9.17) is 9.16 Å². The molecular formula is C25H38BrN5O4SSi. The summed E-state index contributed by atoms with van der Waals surface area (Å²) in [6.45, 7) is 17.8. The molecule has 0 saturated carbocycles. The van der Waals surface area contributed by atoms with E-state index in [0.29, 0.717) is 34.8 Å². The van der Waals surface area contributed by atoms with Crippen LogP contribution in [0.4, 0.5) is 16.2 Å². The largest absolute Gasteiger partial charge is 0.444 e. The quantitative estimate of drug-likeness (QED) is 0.383. The summed E-state index contributed by atoms with van der Waals surface area (Å²) in [5.41, 5.74) is 1.12. The van der Waals surface area contributed by atoms with Crippen LogP contribution in [0.3, 0.4) is 0 Å². The van der Waals surface area contributed by atoms with Gasteiger partial charge < -0.3 is 24.7 Å². The zero-order valence-electron chi connectivity index (χ0n) is 22.8. The molecule has 0 unspecified atom stereocenters. The van der Waals surface area contributed by atoms with Crippen LogP contribution < -0.4 is 15.5 Å². The molecule has 1 saturated heterocycles. The first-order valence-electron chi connectivity index (χ1n) is 12.3. The Labute approximate surface area is 233 Å². The van der Waals surface area contributed by atoms with E-state index < -0.39 is 20.0 Å². The normalized spacial score (nSPS) is 18.9. The summed E-state index contributed by atoms with van der Waals surface area (Å²) in [7, 11) is -2.09. The van der Waals surface area contributed by atoms with Crippen molar-refractivity contribution in [3.05, 3.63) is 33.5 Å². The number of thiazole rings is 1. The standard InChI is InChI=1S/C25H38BrN5O4SSi/c1-24(2,3)34-23(33)30-17-14-31(12-10-20(17)35-37(7,8)25(4,5)6)19-9-11-27-13-16(19)28-21(32)18-15-36-22(26)29-18/h9,11,13,15,17,20H,10,12,14H2,1-8H3,(H,28,32)(H,30,33)/t17-,20+/m1/s1.